The predicted octanol–water partition coefficient (Wildman–Crippen LogP) is 4.74. The largest absolute Gasteiger partial charge is 0.479 e. The molecule has 0 aliphatic carbocycles. The van der Waals surface area contributed by atoms with Crippen molar-refractivity contribution in [1.29, 1.82) is 5.26 Å². The number of carboxylic acid groups (broad SMARTS) is 1. The lowest BCUT2D eigenvalue weighted by Crippen LogP contribution is -2.02. The van der Waals surface area contributed by atoms with Gasteiger partial charge in [0.1, 0.15) is 16.7 Å². The molecule has 0 radical (unpaired) electrons. The zero-order valence-corrected chi connectivity index (χ0v) is 17.5. The van der Waals surface area contributed by atoms with Crippen LogP contribution in [0.25, 0.3) is 17.5 Å². The van der Waals surface area contributed by atoms with Gasteiger partial charge in [-0.1, -0.05) is 23.7 Å². The maximum Gasteiger partial charge on any atom is 0.342 e. The first-order chi connectivity index (χ1) is 14.5. The standard InChI is InChI=1S/C21H17ClN4O3S/c1-2-26-19(15-5-7-16(22)8-6-15)24-25-21(26)30-18(20(27)28)13-14-3-9-17(10-4-14)29-12-11-23/h3-10,13H,2,12H2,1H3,(H,27,28)/b18-13-. The topological polar surface area (TPSA) is 101 Å². The third-order valence-electron chi connectivity index (χ3n) is 4.03. The van der Waals surface area contributed by atoms with E-state index in [1.165, 1.54) is 0 Å². The molecule has 0 atom stereocenters. The number of ether oxygens (including phenoxy) is 1. The summed E-state index contributed by atoms with van der Waals surface area (Å²) in [6.45, 7) is 2.47. The average Bonchev–Trinajstić information content (AvgIpc) is 3.15. The number of carbonyl (C=O) groups is 1. The minimum Gasteiger partial charge on any atom is -0.479 e. The van der Waals surface area contributed by atoms with Gasteiger partial charge in [0.2, 0.25) is 0 Å². The van der Waals surface area contributed by atoms with Crippen LogP contribution in [0.4, 0.5) is 0 Å². The van der Waals surface area contributed by atoms with Crippen molar-refractivity contribution in [2.24, 2.45) is 0 Å². The van der Waals surface area contributed by atoms with E-state index < -0.39 is 5.97 Å². The first kappa shape index (κ1) is 21.4. The number of hydrogen-bond donors (Lipinski definition) is 1. The molecule has 0 saturated heterocycles. The van der Waals surface area contributed by atoms with Gasteiger partial charge in [-0.3, -0.25) is 0 Å². The second kappa shape index (κ2) is 9.96. The van der Waals surface area contributed by atoms with Gasteiger partial charge < -0.3 is 14.4 Å². The van der Waals surface area contributed by atoms with Crippen molar-refractivity contribution >= 4 is 35.4 Å². The molecule has 1 N–H and O–H groups in total. The quantitative estimate of drug-likeness (QED) is 0.398. The summed E-state index contributed by atoms with van der Waals surface area (Å²) in [5.41, 5.74) is 1.53. The number of halogens is 1. The monoisotopic (exact) mass is 440 g/mol. The van der Waals surface area contributed by atoms with Crippen molar-refractivity contribution in [2.75, 3.05) is 6.61 Å². The second-order valence-electron chi connectivity index (χ2n) is 5.99. The van der Waals surface area contributed by atoms with Crippen LogP contribution in [0.1, 0.15) is 12.5 Å². The summed E-state index contributed by atoms with van der Waals surface area (Å²) in [7, 11) is 0. The summed E-state index contributed by atoms with van der Waals surface area (Å²) >= 11 is 6.98. The summed E-state index contributed by atoms with van der Waals surface area (Å²) in [4.78, 5) is 11.9. The Hall–Kier alpha value is -3.28. The fraction of sp³-hybridized carbons (Fsp3) is 0.143. The Balaban J connectivity index is 1.86. The van der Waals surface area contributed by atoms with E-state index in [9.17, 15) is 9.90 Å². The average molecular weight is 441 g/mol. The van der Waals surface area contributed by atoms with Crippen LogP contribution < -0.4 is 4.74 Å². The normalized spacial score (nSPS) is 11.2. The SMILES string of the molecule is CCn1c(S/C(=C\c2ccc(OCC#N)cc2)C(=O)O)nnc1-c1ccc(Cl)cc1. The van der Waals surface area contributed by atoms with Gasteiger partial charge in [0.05, 0.1) is 0 Å². The summed E-state index contributed by atoms with van der Waals surface area (Å²) < 4.78 is 7.06. The third kappa shape index (κ3) is 5.20. The number of hydrogen-bond acceptors (Lipinski definition) is 6. The second-order valence-corrected chi connectivity index (χ2v) is 7.43. The van der Waals surface area contributed by atoms with E-state index in [2.05, 4.69) is 10.2 Å². The Morgan fingerprint density at radius 3 is 2.53 bits per heavy atom. The maximum absolute atomic E-state index is 11.8. The molecule has 30 heavy (non-hydrogen) atoms. The summed E-state index contributed by atoms with van der Waals surface area (Å²) in [6.07, 6.45) is 1.55. The van der Waals surface area contributed by atoms with Gasteiger partial charge in [-0.25, -0.2) is 4.79 Å². The first-order valence-corrected chi connectivity index (χ1v) is 10.1. The highest BCUT2D eigenvalue weighted by molar-refractivity contribution is 8.04. The lowest BCUT2D eigenvalue weighted by Gasteiger charge is -2.08. The first-order valence-electron chi connectivity index (χ1n) is 8.93. The van der Waals surface area contributed by atoms with Gasteiger partial charge in [0.15, 0.2) is 17.6 Å². The molecule has 0 fully saturated rings. The number of aromatic nitrogens is 3. The van der Waals surface area contributed by atoms with Crippen LogP contribution in [0.15, 0.2) is 58.6 Å². The Morgan fingerprint density at radius 1 is 1.23 bits per heavy atom. The van der Waals surface area contributed by atoms with Crippen molar-refractivity contribution in [3.8, 4) is 23.2 Å². The smallest absolute Gasteiger partial charge is 0.342 e. The van der Waals surface area contributed by atoms with E-state index in [4.69, 9.17) is 21.6 Å². The molecule has 9 heteroatoms. The van der Waals surface area contributed by atoms with Gasteiger partial charge in [0, 0.05) is 17.1 Å². The number of nitrogens with zero attached hydrogens (tertiary/aromatic N) is 4. The molecule has 1 heterocycles. The fourth-order valence-corrected chi connectivity index (χ4v) is 3.63. The Labute approximate surface area is 182 Å². The van der Waals surface area contributed by atoms with Crippen molar-refractivity contribution in [3.63, 3.8) is 0 Å². The van der Waals surface area contributed by atoms with E-state index in [0.717, 1.165) is 17.3 Å². The van der Waals surface area contributed by atoms with Crippen LogP contribution in [-0.2, 0) is 11.3 Å². The molecule has 7 nitrogen and oxygen atoms in total. The summed E-state index contributed by atoms with van der Waals surface area (Å²) in [6, 6.07) is 15.9. The number of aliphatic carboxylic acids is 1. The Kier molecular flexibility index (Phi) is 7.12. The number of rotatable bonds is 8. The van der Waals surface area contributed by atoms with Crippen LogP contribution in [0.3, 0.4) is 0 Å². The highest BCUT2D eigenvalue weighted by Gasteiger charge is 2.18. The van der Waals surface area contributed by atoms with Crippen LogP contribution in [0.2, 0.25) is 5.02 Å². The zero-order chi connectivity index (χ0) is 21.5. The molecule has 0 aliphatic heterocycles. The van der Waals surface area contributed by atoms with Crippen molar-refractivity contribution in [2.45, 2.75) is 18.6 Å². The van der Waals surface area contributed by atoms with Crippen molar-refractivity contribution < 1.29 is 14.6 Å². The molecule has 0 amide bonds. The van der Waals surface area contributed by atoms with Crippen LogP contribution in [0.5, 0.6) is 5.75 Å². The van der Waals surface area contributed by atoms with E-state index in [0.29, 0.717) is 33.9 Å². The van der Waals surface area contributed by atoms with E-state index in [1.54, 1.807) is 42.5 Å². The third-order valence-corrected chi connectivity index (χ3v) is 5.28. The molecule has 3 rings (SSSR count). The molecule has 0 aliphatic rings. The molecule has 0 saturated carbocycles. The molecular weight excluding hydrogens is 424 g/mol. The minimum absolute atomic E-state index is 0.0476. The Bertz CT molecular complexity index is 1100. The van der Waals surface area contributed by atoms with E-state index in [1.807, 2.05) is 29.7 Å². The van der Waals surface area contributed by atoms with Crippen molar-refractivity contribution in [1.82, 2.24) is 14.8 Å². The highest BCUT2D eigenvalue weighted by atomic mass is 35.5. The maximum atomic E-state index is 11.8. The molecule has 3 aromatic rings. The summed E-state index contributed by atoms with van der Waals surface area (Å²) in [5, 5.41) is 27.7. The molecule has 2 aromatic carbocycles. The summed E-state index contributed by atoms with van der Waals surface area (Å²) in [5.74, 6) is 0.112. The zero-order valence-electron chi connectivity index (χ0n) is 15.9. The number of nitriles is 1. The molecule has 152 valence electrons. The fourth-order valence-electron chi connectivity index (χ4n) is 2.62. The van der Waals surface area contributed by atoms with E-state index >= 15 is 0 Å². The van der Waals surface area contributed by atoms with Gasteiger partial charge >= 0.3 is 5.97 Å². The lowest BCUT2D eigenvalue weighted by molar-refractivity contribution is -0.131. The van der Waals surface area contributed by atoms with Gasteiger partial charge in [-0.15, -0.1) is 10.2 Å². The Morgan fingerprint density at radius 2 is 1.93 bits per heavy atom. The van der Waals surface area contributed by atoms with Crippen LogP contribution in [-0.4, -0.2) is 32.4 Å². The van der Waals surface area contributed by atoms with Crippen molar-refractivity contribution in [3.05, 3.63) is 64.0 Å². The van der Waals surface area contributed by atoms with Gasteiger partial charge in [0.25, 0.3) is 0 Å². The molecule has 0 bridgehead atoms. The highest BCUT2D eigenvalue weighted by Crippen LogP contribution is 2.31. The van der Waals surface area contributed by atoms with Crippen LogP contribution in [0, 0.1) is 11.3 Å². The van der Waals surface area contributed by atoms with Gasteiger partial charge in [-0.05, 0) is 66.7 Å². The molecule has 0 unspecified atom stereocenters. The number of thioether (sulfide) groups is 1. The van der Waals surface area contributed by atoms with Crippen LogP contribution >= 0.6 is 23.4 Å². The lowest BCUT2D eigenvalue weighted by atomic mass is 10.2. The van der Waals surface area contributed by atoms with Gasteiger partial charge in [-0.2, -0.15) is 5.26 Å². The number of carboxylic acids is 1. The molecule has 0 spiro atoms. The van der Waals surface area contributed by atoms with E-state index in [-0.39, 0.29) is 11.5 Å². The minimum atomic E-state index is -1.07. The number of benzene rings is 2. The predicted molar refractivity (Wildman–Crippen MR) is 115 cm³/mol. The molecule has 1 aromatic heterocycles. The molecular formula is C21H17ClN4O3S.